The summed E-state index contributed by atoms with van der Waals surface area (Å²) in [5.74, 6) is 0.365. The Morgan fingerprint density at radius 3 is 2.71 bits per heavy atom. The highest BCUT2D eigenvalue weighted by Gasteiger charge is 2.31. The van der Waals surface area contributed by atoms with E-state index in [1.807, 2.05) is 11.0 Å². The van der Waals surface area contributed by atoms with Crippen molar-refractivity contribution >= 4 is 5.91 Å². The van der Waals surface area contributed by atoms with Gasteiger partial charge in [0.15, 0.2) is 0 Å². The van der Waals surface area contributed by atoms with Crippen molar-refractivity contribution in [1.82, 2.24) is 9.80 Å². The van der Waals surface area contributed by atoms with E-state index in [0.717, 1.165) is 32.5 Å². The summed E-state index contributed by atoms with van der Waals surface area (Å²) in [7, 11) is 0. The molecule has 0 spiro atoms. The molecule has 2 heterocycles. The number of amides is 1. The maximum absolute atomic E-state index is 12.5. The quantitative estimate of drug-likeness (QED) is 0.896. The molecule has 2 aliphatic heterocycles. The van der Waals surface area contributed by atoms with Crippen LogP contribution in [0.5, 0.6) is 0 Å². The summed E-state index contributed by atoms with van der Waals surface area (Å²) >= 11 is 0. The SMILES string of the molecule is Cc1ccccc1C[C@H]1CCN(C(=O)CN2CCOCC2)C[C@H]1O. The van der Waals surface area contributed by atoms with E-state index in [1.165, 1.54) is 11.1 Å². The maximum Gasteiger partial charge on any atom is 0.236 e. The summed E-state index contributed by atoms with van der Waals surface area (Å²) < 4.78 is 5.32. The Balaban J connectivity index is 1.51. The lowest BCUT2D eigenvalue weighted by molar-refractivity contribution is -0.137. The first kappa shape index (κ1) is 17.4. The minimum atomic E-state index is -0.438. The molecule has 132 valence electrons. The first-order valence-electron chi connectivity index (χ1n) is 8.94. The van der Waals surface area contributed by atoms with Crippen molar-refractivity contribution < 1.29 is 14.6 Å². The van der Waals surface area contributed by atoms with Crippen LogP contribution in [0.25, 0.3) is 0 Å². The Morgan fingerprint density at radius 2 is 2.00 bits per heavy atom. The topological polar surface area (TPSA) is 53.0 Å². The van der Waals surface area contributed by atoms with Gasteiger partial charge in [-0.05, 0) is 36.8 Å². The van der Waals surface area contributed by atoms with Crippen LogP contribution in [0.2, 0.25) is 0 Å². The molecule has 0 unspecified atom stereocenters. The van der Waals surface area contributed by atoms with Crippen LogP contribution in [0.1, 0.15) is 17.5 Å². The molecule has 0 radical (unpaired) electrons. The van der Waals surface area contributed by atoms with Gasteiger partial charge < -0.3 is 14.7 Å². The molecule has 24 heavy (non-hydrogen) atoms. The van der Waals surface area contributed by atoms with E-state index >= 15 is 0 Å². The molecule has 2 saturated heterocycles. The largest absolute Gasteiger partial charge is 0.391 e. The van der Waals surface area contributed by atoms with Gasteiger partial charge in [0.05, 0.1) is 25.9 Å². The fourth-order valence-electron chi connectivity index (χ4n) is 3.62. The third-order valence-electron chi connectivity index (χ3n) is 5.28. The van der Waals surface area contributed by atoms with Crippen LogP contribution in [0.3, 0.4) is 0 Å². The number of piperidine rings is 1. The zero-order valence-electron chi connectivity index (χ0n) is 14.5. The number of rotatable bonds is 4. The Kier molecular flexibility index (Phi) is 5.87. The summed E-state index contributed by atoms with van der Waals surface area (Å²) in [5.41, 5.74) is 2.57. The number of hydrogen-bond donors (Lipinski definition) is 1. The fraction of sp³-hybridized carbons (Fsp3) is 0.632. The van der Waals surface area contributed by atoms with Crippen molar-refractivity contribution in [2.45, 2.75) is 25.9 Å². The van der Waals surface area contributed by atoms with Gasteiger partial charge in [-0.3, -0.25) is 9.69 Å². The Labute approximate surface area is 144 Å². The second-order valence-electron chi connectivity index (χ2n) is 6.97. The zero-order chi connectivity index (χ0) is 16.9. The summed E-state index contributed by atoms with van der Waals surface area (Å²) in [6.07, 6.45) is 1.32. The van der Waals surface area contributed by atoms with Gasteiger partial charge in [-0.1, -0.05) is 24.3 Å². The molecule has 0 aromatic heterocycles. The van der Waals surface area contributed by atoms with Crippen LogP contribution in [-0.4, -0.2) is 72.9 Å². The first-order chi connectivity index (χ1) is 11.6. The van der Waals surface area contributed by atoms with Crippen LogP contribution in [0.15, 0.2) is 24.3 Å². The van der Waals surface area contributed by atoms with Crippen LogP contribution in [0, 0.1) is 12.8 Å². The smallest absolute Gasteiger partial charge is 0.236 e. The van der Waals surface area contributed by atoms with Crippen molar-refractivity contribution in [2.24, 2.45) is 5.92 Å². The second-order valence-corrected chi connectivity index (χ2v) is 6.97. The van der Waals surface area contributed by atoms with Gasteiger partial charge in [-0.15, -0.1) is 0 Å². The minimum absolute atomic E-state index is 0.130. The number of ether oxygens (including phenoxy) is 1. The molecule has 5 nitrogen and oxygen atoms in total. The van der Waals surface area contributed by atoms with Gasteiger partial charge in [0, 0.05) is 26.2 Å². The minimum Gasteiger partial charge on any atom is -0.391 e. The molecule has 2 aliphatic rings. The van der Waals surface area contributed by atoms with Crippen LogP contribution < -0.4 is 0 Å². The number of aryl methyl sites for hydroxylation is 1. The van der Waals surface area contributed by atoms with E-state index in [1.54, 1.807) is 0 Å². The van der Waals surface area contributed by atoms with E-state index in [4.69, 9.17) is 4.74 Å². The highest BCUT2D eigenvalue weighted by atomic mass is 16.5. The third kappa shape index (κ3) is 4.35. The predicted molar refractivity (Wildman–Crippen MR) is 92.8 cm³/mol. The molecule has 1 aromatic carbocycles. The monoisotopic (exact) mass is 332 g/mol. The number of nitrogens with zero attached hydrogens (tertiary/aromatic N) is 2. The van der Waals surface area contributed by atoms with Gasteiger partial charge >= 0.3 is 0 Å². The van der Waals surface area contributed by atoms with Gasteiger partial charge in [0.2, 0.25) is 5.91 Å². The number of carbonyl (C=O) groups excluding carboxylic acids is 1. The van der Waals surface area contributed by atoms with Crippen molar-refractivity contribution in [2.75, 3.05) is 45.9 Å². The molecule has 1 aromatic rings. The molecule has 2 fully saturated rings. The van der Waals surface area contributed by atoms with Crippen LogP contribution >= 0.6 is 0 Å². The van der Waals surface area contributed by atoms with Gasteiger partial charge in [-0.2, -0.15) is 0 Å². The van der Waals surface area contributed by atoms with Gasteiger partial charge in [0.25, 0.3) is 0 Å². The Morgan fingerprint density at radius 1 is 1.25 bits per heavy atom. The third-order valence-corrected chi connectivity index (χ3v) is 5.28. The number of aliphatic hydroxyl groups excluding tert-OH is 1. The van der Waals surface area contributed by atoms with Crippen molar-refractivity contribution in [3.63, 3.8) is 0 Å². The lowest BCUT2D eigenvalue weighted by Gasteiger charge is -2.37. The Hall–Kier alpha value is -1.43. The highest BCUT2D eigenvalue weighted by Crippen LogP contribution is 2.24. The van der Waals surface area contributed by atoms with Crippen molar-refractivity contribution in [3.8, 4) is 0 Å². The van der Waals surface area contributed by atoms with E-state index in [0.29, 0.717) is 26.3 Å². The van der Waals surface area contributed by atoms with Crippen LogP contribution in [0.4, 0.5) is 0 Å². The molecule has 0 saturated carbocycles. The molecule has 0 aliphatic carbocycles. The number of β-amino-alcohol motifs (C(OH)–C–C–N with tert-alkyl or cyclic N) is 1. The maximum atomic E-state index is 12.5. The number of benzene rings is 1. The van der Waals surface area contributed by atoms with E-state index in [2.05, 4.69) is 30.0 Å². The van der Waals surface area contributed by atoms with E-state index in [-0.39, 0.29) is 11.8 Å². The molecule has 5 heteroatoms. The Bertz CT molecular complexity index is 557. The molecule has 2 atom stereocenters. The van der Waals surface area contributed by atoms with Gasteiger partial charge in [-0.25, -0.2) is 0 Å². The number of aliphatic hydroxyl groups is 1. The van der Waals surface area contributed by atoms with E-state index in [9.17, 15) is 9.90 Å². The molecule has 1 amide bonds. The lowest BCUT2D eigenvalue weighted by atomic mass is 9.86. The first-order valence-corrected chi connectivity index (χ1v) is 8.94. The lowest BCUT2D eigenvalue weighted by Crippen LogP contribution is -2.51. The molecule has 1 N–H and O–H groups in total. The highest BCUT2D eigenvalue weighted by molar-refractivity contribution is 5.78. The molecular weight excluding hydrogens is 304 g/mol. The van der Waals surface area contributed by atoms with Gasteiger partial charge in [0.1, 0.15) is 0 Å². The summed E-state index contributed by atoms with van der Waals surface area (Å²) in [4.78, 5) is 16.4. The van der Waals surface area contributed by atoms with Crippen molar-refractivity contribution in [1.29, 1.82) is 0 Å². The number of carbonyl (C=O) groups is 1. The average Bonchev–Trinajstić information content (AvgIpc) is 2.59. The number of likely N-dealkylation sites (tertiary alicyclic amines) is 1. The summed E-state index contributed by atoms with van der Waals surface area (Å²) in [6.45, 7) is 6.80. The standard InChI is InChI=1S/C19H28N2O3/c1-15-4-2-3-5-16(15)12-17-6-7-21(13-18(17)22)19(23)14-20-8-10-24-11-9-20/h2-5,17-18,22H,6-14H2,1H3/t17-,18-/m1/s1. The fourth-order valence-corrected chi connectivity index (χ4v) is 3.62. The molecular formula is C19H28N2O3. The van der Waals surface area contributed by atoms with Crippen LogP contribution in [-0.2, 0) is 16.0 Å². The zero-order valence-corrected chi connectivity index (χ0v) is 14.5. The van der Waals surface area contributed by atoms with Crippen molar-refractivity contribution in [3.05, 3.63) is 35.4 Å². The second kappa shape index (κ2) is 8.10. The predicted octanol–water partition coefficient (Wildman–Crippen LogP) is 1.08. The summed E-state index contributed by atoms with van der Waals surface area (Å²) in [6, 6.07) is 8.35. The summed E-state index contributed by atoms with van der Waals surface area (Å²) in [5, 5.41) is 10.5. The molecule has 3 rings (SSSR count). The number of morpholine rings is 1. The normalized spacial score (nSPS) is 25.7. The average molecular weight is 332 g/mol. The number of hydrogen-bond acceptors (Lipinski definition) is 4. The molecule has 0 bridgehead atoms. The van der Waals surface area contributed by atoms with E-state index < -0.39 is 6.10 Å².